The van der Waals surface area contributed by atoms with E-state index in [-0.39, 0.29) is 5.91 Å². The van der Waals surface area contributed by atoms with Crippen LogP contribution in [0.5, 0.6) is 0 Å². The number of aromatic nitrogens is 1. The van der Waals surface area contributed by atoms with E-state index in [0.29, 0.717) is 19.0 Å². The fourth-order valence-electron chi connectivity index (χ4n) is 2.98. The Kier molecular flexibility index (Phi) is 4.37. The van der Waals surface area contributed by atoms with Gasteiger partial charge in [0, 0.05) is 43.6 Å². The number of pyridine rings is 1. The summed E-state index contributed by atoms with van der Waals surface area (Å²) in [5, 5.41) is 2.97. The Bertz CT molecular complexity index is 642. The molecule has 0 saturated carbocycles. The van der Waals surface area contributed by atoms with Gasteiger partial charge in [0.05, 0.1) is 0 Å². The molecule has 1 aliphatic heterocycles. The first kappa shape index (κ1) is 14.6. The maximum Gasteiger partial charge on any atom is 0.222 e. The maximum absolute atomic E-state index is 12.0. The molecule has 0 bridgehead atoms. The van der Waals surface area contributed by atoms with E-state index in [1.165, 1.54) is 11.3 Å². The van der Waals surface area contributed by atoms with E-state index >= 15 is 0 Å². The first-order valence-corrected chi connectivity index (χ1v) is 7.74. The van der Waals surface area contributed by atoms with Crippen molar-refractivity contribution in [2.45, 2.75) is 32.4 Å². The molecule has 1 amide bonds. The molecule has 4 nitrogen and oxygen atoms in total. The van der Waals surface area contributed by atoms with Crippen molar-refractivity contribution in [3.63, 3.8) is 0 Å². The Morgan fingerprint density at radius 2 is 2.05 bits per heavy atom. The summed E-state index contributed by atoms with van der Waals surface area (Å²) in [5.74, 6) is 0.0911. The van der Waals surface area contributed by atoms with Crippen LogP contribution in [0, 0.1) is 0 Å². The number of hydrogen-bond acceptors (Lipinski definition) is 3. The van der Waals surface area contributed by atoms with Crippen molar-refractivity contribution in [1.29, 1.82) is 0 Å². The number of para-hydroxylation sites is 1. The largest absolute Gasteiger partial charge is 0.368 e. The number of hydrogen-bond donors (Lipinski definition) is 1. The molecule has 4 heteroatoms. The van der Waals surface area contributed by atoms with Crippen molar-refractivity contribution in [3.05, 3.63) is 59.9 Å². The van der Waals surface area contributed by atoms with E-state index in [4.69, 9.17) is 0 Å². The number of nitrogens with one attached hydrogen (secondary N) is 1. The fourth-order valence-corrected chi connectivity index (χ4v) is 2.98. The van der Waals surface area contributed by atoms with Crippen LogP contribution in [0.3, 0.4) is 0 Å². The molecule has 2 aromatic rings. The van der Waals surface area contributed by atoms with Gasteiger partial charge in [-0.05, 0) is 42.7 Å². The standard InChI is InChI=1S/C18H21N3O/c1-14-12-16-4-2-3-5-17(16)21(14)11-8-18(22)20-13-15-6-9-19-10-7-15/h2-7,9-10,14H,8,11-13H2,1H3,(H,20,22). The third-order valence-electron chi connectivity index (χ3n) is 4.17. The summed E-state index contributed by atoms with van der Waals surface area (Å²) < 4.78 is 0. The molecule has 1 N–H and O–H groups in total. The van der Waals surface area contributed by atoms with E-state index < -0.39 is 0 Å². The zero-order chi connectivity index (χ0) is 15.4. The lowest BCUT2D eigenvalue weighted by Crippen LogP contribution is -2.34. The van der Waals surface area contributed by atoms with Gasteiger partial charge in [0.1, 0.15) is 0 Å². The van der Waals surface area contributed by atoms with Crippen molar-refractivity contribution in [3.8, 4) is 0 Å². The van der Waals surface area contributed by atoms with E-state index in [1.807, 2.05) is 12.1 Å². The van der Waals surface area contributed by atoms with Gasteiger partial charge >= 0.3 is 0 Å². The minimum Gasteiger partial charge on any atom is -0.368 e. The molecular weight excluding hydrogens is 274 g/mol. The molecule has 0 aliphatic carbocycles. The number of nitrogens with zero attached hydrogens (tertiary/aromatic N) is 2. The highest BCUT2D eigenvalue weighted by Crippen LogP contribution is 2.31. The number of rotatable bonds is 5. The summed E-state index contributed by atoms with van der Waals surface area (Å²) in [6.45, 7) is 3.54. The molecule has 1 atom stereocenters. The monoisotopic (exact) mass is 295 g/mol. The van der Waals surface area contributed by atoms with Gasteiger partial charge in [-0.1, -0.05) is 18.2 Å². The van der Waals surface area contributed by atoms with Crippen LogP contribution in [0.4, 0.5) is 5.69 Å². The van der Waals surface area contributed by atoms with Crippen LogP contribution in [-0.4, -0.2) is 23.5 Å². The topological polar surface area (TPSA) is 45.2 Å². The molecular formula is C18H21N3O. The van der Waals surface area contributed by atoms with Crippen LogP contribution in [-0.2, 0) is 17.8 Å². The lowest BCUT2D eigenvalue weighted by molar-refractivity contribution is -0.121. The van der Waals surface area contributed by atoms with Gasteiger partial charge in [-0.15, -0.1) is 0 Å². The molecule has 0 saturated heterocycles. The van der Waals surface area contributed by atoms with E-state index in [9.17, 15) is 4.79 Å². The summed E-state index contributed by atoms with van der Waals surface area (Å²) >= 11 is 0. The Morgan fingerprint density at radius 3 is 2.86 bits per heavy atom. The van der Waals surface area contributed by atoms with Gasteiger partial charge < -0.3 is 10.2 Å². The number of amides is 1. The lowest BCUT2D eigenvalue weighted by Gasteiger charge is -2.24. The molecule has 0 fully saturated rings. The van der Waals surface area contributed by atoms with Gasteiger partial charge in [-0.25, -0.2) is 0 Å². The predicted octanol–water partition coefficient (Wildman–Crippen LogP) is 2.54. The summed E-state index contributed by atoms with van der Waals surface area (Å²) in [5.41, 5.74) is 3.73. The minimum absolute atomic E-state index is 0.0911. The van der Waals surface area contributed by atoms with Crippen molar-refractivity contribution in [2.24, 2.45) is 0 Å². The number of benzene rings is 1. The molecule has 22 heavy (non-hydrogen) atoms. The van der Waals surface area contributed by atoms with Crippen molar-refractivity contribution in [2.75, 3.05) is 11.4 Å². The van der Waals surface area contributed by atoms with Gasteiger partial charge in [0.25, 0.3) is 0 Å². The fraction of sp³-hybridized carbons (Fsp3) is 0.333. The second-order valence-corrected chi connectivity index (χ2v) is 5.76. The average Bonchev–Trinajstić information content (AvgIpc) is 2.87. The van der Waals surface area contributed by atoms with Gasteiger partial charge in [0.2, 0.25) is 5.91 Å². The smallest absolute Gasteiger partial charge is 0.222 e. The van der Waals surface area contributed by atoms with Gasteiger partial charge in [-0.2, -0.15) is 0 Å². The number of anilines is 1. The molecule has 114 valence electrons. The zero-order valence-corrected chi connectivity index (χ0v) is 12.8. The Labute approximate surface area is 131 Å². The molecule has 1 aromatic carbocycles. The normalized spacial score (nSPS) is 16.4. The number of carbonyl (C=O) groups excluding carboxylic acids is 1. The molecule has 1 unspecified atom stereocenters. The Morgan fingerprint density at radius 1 is 1.27 bits per heavy atom. The van der Waals surface area contributed by atoms with E-state index in [0.717, 1.165) is 18.5 Å². The first-order valence-electron chi connectivity index (χ1n) is 7.74. The second-order valence-electron chi connectivity index (χ2n) is 5.76. The maximum atomic E-state index is 12.0. The molecule has 1 aliphatic rings. The SMILES string of the molecule is CC1Cc2ccccc2N1CCC(=O)NCc1ccncc1. The minimum atomic E-state index is 0.0911. The van der Waals surface area contributed by atoms with Crippen molar-refractivity contribution < 1.29 is 4.79 Å². The molecule has 2 heterocycles. The molecule has 0 radical (unpaired) electrons. The molecule has 0 spiro atoms. The molecule has 1 aromatic heterocycles. The summed E-state index contributed by atoms with van der Waals surface area (Å²) in [4.78, 5) is 18.3. The van der Waals surface area contributed by atoms with Crippen LogP contribution in [0.15, 0.2) is 48.8 Å². The first-order chi connectivity index (χ1) is 10.7. The predicted molar refractivity (Wildman–Crippen MR) is 87.7 cm³/mol. The Hall–Kier alpha value is -2.36. The lowest BCUT2D eigenvalue weighted by atomic mass is 10.1. The van der Waals surface area contributed by atoms with Gasteiger partial charge in [0.15, 0.2) is 0 Å². The van der Waals surface area contributed by atoms with Crippen LogP contribution in [0.1, 0.15) is 24.5 Å². The van der Waals surface area contributed by atoms with E-state index in [2.05, 4.69) is 46.4 Å². The number of carbonyl (C=O) groups is 1. The van der Waals surface area contributed by atoms with Gasteiger partial charge in [-0.3, -0.25) is 9.78 Å². The van der Waals surface area contributed by atoms with Crippen LogP contribution in [0.2, 0.25) is 0 Å². The summed E-state index contributed by atoms with van der Waals surface area (Å²) in [6, 6.07) is 12.8. The second kappa shape index (κ2) is 6.60. The number of fused-ring (bicyclic) bond motifs is 1. The van der Waals surface area contributed by atoms with E-state index in [1.54, 1.807) is 12.4 Å². The zero-order valence-electron chi connectivity index (χ0n) is 12.8. The third-order valence-corrected chi connectivity index (χ3v) is 4.17. The quantitative estimate of drug-likeness (QED) is 0.922. The summed E-state index contributed by atoms with van der Waals surface area (Å²) in [6.07, 6.45) is 5.06. The molecule has 3 rings (SSSR count). The highest BCUT2D eigenvalue weighted by atomic mass is 16.1. The highest BCUT2D eigenvalue weighted by molar-refractivity contribution is 5.76. The van der Waals surface area contributed by atoms with Crippen molar-refractivity contribution >= 4 is 11.6 Å². The van der Waals surface area contributed by atoms with Crippen LogP contribution >= 0.6 is 0 Å². The van der Waals surface area contributed by atoms with Crippen LogP contribution in [0.25, 0.3) is 0 Å². The average molecular weight is 295 g/mol. The van der Waals surface area contributed by atoms with Crippen LogP contribution < -0.4 is 10.2 Å². The third kappa shape index (κ3) is 3.27. The highest BCUT2D eigenvalue weighted by Gasteiger charge is 2.25. The Balaban J connectivity index is 1.51. The van der Waals surface area contributed by atoms with Crippen molar-refractivity contribution in [1.82, 2.24) is 10.3 Å². The summed E-state index contributed by atoms with van der Waals surface area (Å²) in [7, 11) is 0.